The van der Waals surface area contributed by atoms with Crippen molar-refractivity contribution in [2.24, 2.45) is 5.41 Å². The molecule has 0 aromatic carbocycles. The number of nitrogens with one attached hydrogen (secondary N) is 1. The van der Waals surface area contributed by atoms with Crippen LogP contribution in [0.3, 0.4) is 0 Å². The van der Waals surface area contributed by atoms with E-state index < -0.39 is 24.3 Å². The highest BCUT2D eigenvalue weighted by atomic mass is 19.4. The molecule has 0 radical (unpaired) electrons. The summed E-state index contributed by atoms with van der Waals surface area (Å²) in [7, 11) is 1.64. The SMILES string of the molecule is CNC(=O)c1nnc2n1CC1(CC2)CCN(Cc2ccncc2)CC1.O=C(O)C(F)(F)F.O=C(O)C(F)(F)F. The Morgan fingerprint density at radius 1 is 0.949 bits per heavy atom. The minimum atomic E-state index is -5.08. The summed E-state index contributed by atoms with van der Waals surface area (Å²) < 4.78 is 65.5. The standard InChI is InChI=1S/C18H24N6O.2C2HF3O2/c1-19-17(25)16-22-21-15-2-5-18(13-24(15)16)6-10-23(11-7-18)12-14-3-8-20-9-4-14;2*3-2(4,5)1(6)7/h3-4,8-9H,2,5-7,10-13H2,1H3,(H,19,25);2*(H,6,7). The molecule has 3 N–H and O–H groups in total. The minimum Gasteiger partial charge on any atom is -0.475 e. The van der Waals surface area contributed by atoms with Crippen molar-refractivity contribution in [2.45, 2.75) is 51.1 Å². The molecule has 1 amide bonds. The minimum absolute atomic E-state index is 0.147. The molecule has 4 heterocycles. The van der Waals surface area contributed by atoms with E-state index in [1.54, 1.807) is 7.05 Å². The zero-order chi connectivity index (χ0) is 29.4. The summed E-state index contributed by atoms with van der Waals surface area (Å²) in [5, 5.41) is 25.2. The van der Waals surface area contributed by atoms with Gasteiger partial charge >= 0.3 is 24.3 Å². The van der Waals surface area contributed by atoms with Crippen LogP contribution in [0.1, 0.15) is 41.3 Å². The molecule has 4 rings (SSSR count). The van der Waals surface area contributed by atoms with Crippen LogP contribution in [0.4, 0.5) is 26.3 Å². The van der Waals surface area contributed by atoms with Crippen LogP contribution in [-0.4, -0.2) is 85.2 Å². The molecule has 1 fully saturated rings. The van der Waals surface area contributed by atoms with Crippen LogP contribution >= 0.6 is 0 Å². The first-order valence-electron chi connectivity index (χ1n) is 11.4. The Bertz CT molecular complexity index is 1110. The maximum absolute atomic E-state index is 12.0. The fourth-order valence-electron chi connectivity index (χ4n) is 4.10. The van der Waals surface area contributed by atoms with Gasteiger partial charge in [0, 0.05) is 39.0 Å². The van der Waals surface area contributed by atoms with Crippen LogP contribution in [0.15, 0.2) is 24.5 Å². The van der Waals surface area contributed by atoms with Gasteiger partial charge in [-0.05, 0) is 55.5 Å². The third-order valence-corrected chi connectivity index (χ3v) is 6.19. The molecule has 17 heteroatoms. The van der Waals surface area contributed by atoms with Crippen LogP contribution in [0, 0.1) is 5.41 Å². The number of aromatic nitrogens is 4. The van der Waals surface area contributed by atoms with E-state index in [-0.39, 0.29) is 11.3 Å². The Labute approximate surface area is 217 Å². The van der Waals surface area contributed by atoms with Crippen molar-refractivity contribution in [1.82, 2.24) is 30.0 Å². The lowest BCUT2D eigenvalue weighted by Gasteiger charge is -2.44. The number of nitrogens with zero attached hydrogens (tertiary/aromatic N) is 5. The van der Waals surface area contributed by atoms with Crippen LogP contribution in [0.5, 0.6) is 0 Å². The van der Waals surface area contributed by atoms with Crippen molar-refractivity contribution < 1.29 is 50.9 Å². The molecule has 0 saturated carbocycles. The first-order valence-corrected chi connectivity index (χ1v) is 11.4. The van der Waals surface area contributed by atoms with Gasteiger partial charge < -0.3 is 20.1 Å². The van der Waals surface area contributed by atoms with Crippen molar-refractivity contribution in [2.75, 3.05) is 20.1 Å². The molecule has 2 aromatic heterocycles. The smallest absolute Gasteiger partial charge is 0.475 e. The number of hydrogen-bond acceptors (Lipinski definition) is 7. The number of fused-ring (bicyclic) bond motifs is 1. The summed E-state index contributed by atoms with van der Waals surface area (Å²) in [6, 6.07) is 4.17. The van der Waals surface area contributed by atoms with Crippen molar-refractivity contribution in [3.05, 3.63) is 41.7 Å². The highest BCUT2D eigenvalue weighted by Gasteiger charge is 2.40. The molecule has 216 valence electrons. The average Bonchev–Trinajstić information content (AvgIpc) is 3.28. The van der Waals surface area contributed by atoms with Crippen LogP contribution in [0.2, 0.25) is 0 Å². The first kappa shape index (κ1) is 31.5. The zero-order valence-corrected chi connectivity index (χ0v) is 20.6. The fourth-order valence-corrected chi connectivity index (χ4v) is 4.10. The van der Waals surface area contributed by atoms with Gasteiger partial charge in [-0.25, -0.2) is 9.59 Å². The normalized spacial score (nSPS) is 16.6. The molecule has 2 aliphatic rings. The molecule has 0 atom stereocenters. The number of aliphatic carboxylic acids is 2. The van der Waals surface area contributed by atoms with Crippen molar-refractivity contribution >= 4 is 17.8 Å². The Hall–Kier alpha value is -3.76. The lowest BCUT2D eigenvalue weighted by molar-refractivity contribution is -0.193. The number of piperidine rings is 1. The van der Waals surface area contributed by atoms with E-state index in [4.69, 9.17) is 19.8 Å². The van der Waals surface area contributed by atoms with Gasteiger partial charge in [-0.15, -0.1) is 10.2 Å². The molecule has 0 unspecified atom stereocenters. The number of halogens is 6. The van der Waals surface area contributed by atoms with Crippen molar-refractivity contribution in [1.29, 1.82) is 0 Å². The van der Waals surface area contributed by atoms with Gasteiger partial charge in [0.2, 0.25) is 5.82 Å². The molecule has 0 bridgehead atoms. The van der Waals surface area contributed by atoms with Gasteiger partial charge in [0.25, 0.3) is 5.91 Å². The Kier molecular flexibility index (Phi) is 10.4. The van der Waals surface area contributed by atoms with Crippen LogP contribution in [0.25, 0.3) is 0 Å². The van der Waals surface area contributed by atoms with Gasteiger partial charge in [-0.3, -0.25) is 14.7 Å². The number of carboxylic acids is 2. The van der Waals surface area contributed by atoms with E-state index in [2.05, 4.69) is 37.5 Å². The number of aryl methyl sites for hydroxylation is 1. The average molecular weight is 568 g/mol. The number of likely N-dealkylation sites (tertiary alicyclic amines) is 1. The monoisotopic (exact) mass is 568 g/mol. The highest BCUT2D eigenvalue weighted by Crippen LogP contribution is 2.41. The number of pyridine rings is 1. The van der Waals surface area contributed by atoms with E-state index >= 15 is 0 Å². The lowest BCUT2D eigenvalue weighted by atomic mass is 9.73. The Balaban J connectivity index is 0.000000317. The largest absolute Gasteiger partial charge is 0.490 e. The molecule has 39 heavy (non-hydrogen) atoms. The highest BCUT2D eigenvalue weighted by molar-refractivity contribution is 5.90. The third kappa shape index (κ3) is 9.19. The summed E-state index contributed by atoms with van der Waals surface area (Å²) >= 11 is 0. The Morgan fingerprint density at radius 2 is 1.46 bits per heavy atom. The summed E-state index contributed by atoms with van der Waals surface area (Å²) in [6.07, 6.45) is -2.09. The van der Waals surface area contributed by atoms with Crippen LogP contribution < -0.4 is 5.32 Å². The molecule has 11 nitrogen and oxygen atoms in total. The molecule has 2 aromatic rings. The number of carbonyl (C=O) groups is 3. The second-order valence-corrected chi connectivity index (χ2v) is 8.84. The maximum Gasteiger partial charge on any atom is 0.490 e. The second kappa shape index (κ2) is 12.9. The number of hydrogen-bond donors (Lipinski definition) is 3. The quantitative estimate of drug-likeness (QED) is 0.475. The number of amides is 1. The van der Waals surface area contributed by atoms with E-state index in [0.29, 0.717) is 5.82 Å². The second-order valence-electron chi connectivity index (χ2n) is 8.84. The number of rotatable bonds is 3. The van der Waals surface area contributed by atoms with Gasteiger partial charge in [0.1, 0.15) is 5.82 Å². The van der Waals surface area contributed by atoms with E-state index in [1.807, 2.05) is 17.0 Å². The van der Waals surface area contributed by atoms with Gasteiger partial charge in [0.15, 0.2) is 0 Å². The molecule has 1 saturated heterocycles. The summed E-state index contributed by atoms with van der Waals surface area (Å²) in [4.78, 5) is 36.4. The van der Waals surface area contributed by atoms with Crippen LogP contribution in [-0.2, 0) is 29.1 Å². The lowest BCUT2D eigenvalue weighted by Crippen LogP contribution is -2.44. The van der Waals surface area contributed by atoms with Crippen molar-refractivity contribution in [3.63, 3.8) is 0 Å². The molecular formula is C22H26F6N6O5. The predicted octanol–water partition coefficient (Wildman–Crippen LogP) is 2.53. The molecule has 1 spiro atoms. The van der Waals surface area contributed by atoms with Gasteiger partial charge in [-0.2, -0.15) is 26.3 Å². The molecule has 2 aliphatic heterocycles. The summed E-state index contributed by atoms with van der Waals surface area (Å²) in [6.45, 7) is 4.03. The summed E-state index contributed by atoms with van der Waals surface area (Å²) in [5.41, 5.74) is 1.59. The van der Waals surface area contributed by atoms with Gasteiger partial charge in [-0.1, -0.05) is 0 Å². The Morgan fingerprint density at radius 3 is 1.92 bits per heavy atom. The molecular weight excluding hydrogens is 542 g/mol. The fraction of sp³-hybridized carbons (Fsp3) is 0.545. The van der Waals surface area contributed by atoms with E-state index in [9.17, 15) is 31.1 Å². The van der Waals surface area contributed by atoms with E-state index in [1.165, 1.54) is 5.56 Å². The first-order chi connectivity index (χ1) is 18.1. The predicted molar refractivity (Wildman–Crippen MR) is 120 cm³/mol. The van der Waals surface area contributed by atoms with Crippen molar-refractivity contribution in [3.8, 4) is 0 Å². The van der Waals surface area contributed by atoms with E-state index in [0.717, 1.165) is 57.7 Å². The number of carboxylic acid groups (broad SMARTS) is 2. The maximum atomic E-state index is 12.0. The summed E-state index contributed by atoms with van der Waals surface area (Å²) in [5.74, 6) is -4.26. The zero-order valence-electron chi connectivity index (χ0n) is 20.6. The topological polar surface area (TPSA) is 151 Å². The number of carbonyl (C=O) groups excluding carboxylic acids is 1. The third-order valence-electron chi connectivity index (χ3n) is 6.19. The number of alkyl halides is 6. The molecule has 0 aliphatic carbocycles. The van der Waals surface area contributed by atoms with Gasteiger partial charge in [0.05, 0.1) is 0 Å².